The molecule has 1 fully saturated rings. The number of phenols is 1. The van der Waals surface area contributed by atoms with Gasteiger partial charge in [0, 0.05) is 39.4 Å². The Labute approximate surface area is 210 Å². The second-order valence-corrected chi connectivity index (χ2v) is 8.75. The predicted octanol–water partition coefficient (Wildman–Crippen LogP) is 0.452. The average Bonchev–Trinajstić information content (AvgIpc) is 2.75. The number of hydrogen-bond acceptors (Lipinski definition) is 9. The molecule has 11 heteroatoms. The van der Waals surface area contributed by atoms with Crippen molar-refractivity contribution in [1.82, 2.24) is 4.90 Å². The van der Waals surface area contributed by atoms with Crippen LogP contribution in [0, 0.1) is 11.8 Å². The van der Waals surface area contributed by atoms with Gasteiger partial charge in [0.1, 0.15) is 22.8 Å². The molecular weight excluding hydrogens is 466 g/mol. The number of likely N-dealkylation sites (N-methyl/N-ethyl adjacent to an activating group) is 1. The monoisotopic (exact) mass is 499 g/mol. The number of ketones is 2. The number of nitrogens with zero attached hydrogens (tertiary/aromatic N) is 2. The van der Waals surface area contributed by atoms with Crippen molar-refractivity contribution in [2.45, 2.75) is 24.5 Å². The van der Waals surface area contributed by atoms with Gasteiger partial charge in [-0.05, 0) is 50.6 Å². The van der Waals surface area contributed by atoms with Crippen molar-refractivity contribution >= 4 is 41.3 Å². The van der Waals surface area contributed by atoms with E-state index in [2.05, 4.69) is 0 Å². The van der Waals surface area contributed by atoms with E-state index in [4.69, 9.17) is 14.0 Å². The number of phenolic OH excluding ortho intramolecular Hbond substituents is 1. The zero-order valence-electron chi connectivity index (χ0n) is 24.2. The topological polar surface area (TPSA) is 165 Å². The minimum absolute atomic E-state index is 0. The SMILES string of the molecule is Cl.[2H]C([2H])([2H])N(c1ccc(O)c2c1C[C@H]1C[C@H]3[C@H](N(C)C)C(=O)C(C(N)=O)=C(O)[C@@]3(O)C(=O)C1=C2O)C([2H])([2H])[2H]. The second-order valence-electron chi connectivity index (χ2n) is 8.75. The molecule has 1 saturated carbocycles. The van der Waals surface area contributed by atoms with Gasteiger partial charge in [-0.1, -0.05) is 0 Å². The molecule has 4 rings (SSSR count). The van der Waals surface area contributed by atoms with Crippen molar-refractivity contribution in [2.24, 2.45) is 17.6 Å². The molecule has 0 heterocycles. The van der Waals surface area contributed by atoms with Crippen LogP contribution in [0.15, 0.2) is 29.0 Å². The molecule has 0 aliphatic heterocycles. The van der Waals surface area contributed by atoms with Gasteiger partial charge in [0.2, 0.25) is 5.78 Å². The lowest BCUT2D eigenvalue weighted by atomic mass is 9.57. The fraction of sp³-hybridized carbons (Fsp3) is 0.435. The number of fused-ring (bicyclic) bond motifs is 3. The van der Waals surface area contributed by atoms with Crippen LogP contribution < -0.4 is 10.6 Å². The van der Waals surface area contributed by atoms with E-state index in [9.17, 15) is 34.8 Å². The number of aliphatic hydroxyl groups is 3. The Morgan fingerprint density at radius 2 is 1.85 bits per heavy atom. The first-order valence-electron chi connectivity index (χ1n) is 13.1. The molecule has 0 saturated heterocycles. The molecule has 0 unspecified atom stereocenters. The summed E-state index contributed by atoms with van der Waals surface area (Å²) in [6.07, 6.45) is -0.497. The molecule has 34 heavy (non-hydrogen) atoms. The number of carbonyl (C=O) groups is 3. The molecular formula is C23H28ClN3O7. The maximum absolute atomic E-state index is 13.8. The molecule has 184 valence electrons. The van der Waals surface area contributed by atoms with Crippen LogP contribution in [0.2, 0.25) is 0 Å². The number of carbonyl (C=O) groups excluding carboxylic acids is 3. The Morgan fingerprint density at radius 1 is 1.21 bits per heavy atom. The van der Waals surface area contributed by atoms with Gasteiger partial charge in [0.15, 0.2) is 11.4 Å². The molecule has 3 aliphatic carbocycles. The lowest BCUT2D eigenvalue weighted by Gasteiger charge is -2.50. The summed E-state index contributed by atoms with van der Waals surface area (Å²) in [4.78, 5) is 40.5. The lowest BCUT2D eigenvalue weighted by Crippen LogP contribution is -2.65. The zero-order valence-corrected chi connectivity index (χ0v) is 19.0. The van der Waals surface area contributed by atoms with Crippen LogP contribution in [0.1, 0.15) is 25.8 Å². The zero-order chi connectivity index (χ0) is 29.6. The van der Waals surface area contributed by atoms with E-state index in [-0.39, 0.29) is 41.4 Å². The Hall–Kier alpha value is -3.08. The Kier molecular flexibility index (Phi) is 4.46. The largest absolute Gasteiger partial charge is 0.508 e. The number of aliphatic hydroxyl groups excluding tert-OH is 2. The van der Waals surface area contributed by atoms with Crippen LogP contribution in [-0.2, 0) is 20.8 Å². The standard InChI is InChI=1S/C23H27N3O7.ClH/c1-25(2)12-5-6-13(27)15-10(12)7-9-8-11-17(26(3)4)19(29)16(22(24)32)21(31)23(11,33)20(30)14(9)18(15)28;/h5-6,9,11,17,27-28,31,33H,7-8H2,1-4H3,(H2,24,32);1H/t9-,11-,17-,23-;/m0./s1/i1D3,2D3;. The molecule has 1 aromatic carbocycles. The fourth-order valence-corrected chi connectivity index (χ4v) is 5.44. The number of halogens is 1. The number of aromatic hydroxyl groups is 1. The fourth-order valence-electron chi connectivity index (χ4n) is 5.44. The number of primary amides is 1. The van der Waals surface area contributed by atoms with E-state index in [0.29, 0.717) is 0 Å². The number of anilines is 1. The van der Waals surface area contributed by atoms with Crippen molar-refractivity contribution in [3.63, 3.8) is 0 Å². The normalized spacial score (nSPS) is 31.6. The van der Waals surface area contributed by atoms with E-state index < -0.39 is 88.9 Å². The van der Waals surface area contributed by atoms with Crippen LogP contribution in [-0.4, -0.2) is 82.5 Å². The molecule has 3 aliphatic rings. The minimum atomic E-state index is -3.16. The van der Waals surface area contributed by atoms with Gasteiger partial charge in [-0.2, -0.15) is 0 Å². The van der Waals surface area contributed by atoms with Gasteiger partial charge in [-0.25, -0.2) is 0 Å². The highest BCUT2D eigenvalue weighted by Crippen LogP contribution is 2.53. The molecule has 0 radical (unpaired) electrons. The Morgan fingerprint density at radius 3 is 2.41 bits per heavy atom. The van der Waals surface area contributed by atoms with Gasteiger partial charge < -0.3 is 31.1 Å². The van der Waals surface area contributed by atoms with Crippen molar-refractivity contribution in [2.75, 3.05) is 32.9 Å². The first kappa shape index (κ1) is 18.3. The summed E-state index contributed by atoms with van der Waals surface area (Å²) in [7, 11) is 2.91. The summed E-state index contributed by atoms with van der Waals surface area (Å²) in [5, 5.41) is 44.3. The van der Waals surface area contributed by atoms with Crippen LogP contribution in [0.5, 0.6) is 5.75 Å². The third kappa shape index (κ3) is 3.20. The van der Waals surface area contributed by atoms with Crippen LogP contribution >= 0.6 is 12.4 Å². The molecule has 1 aromatic rings. The molecule has 0 bridgehead atoms. The minimum Gasteiger partial charge on any atom is -0.508 e. The van der Waals surface area contributed by atoms with Gasteiger partial charge in [0.25, 0.3) is 5.91 Å². The third-order valence-electron chi connectivity index (χ3n) is 6.82. The molecule has 0 aromatic heterocycles. The molecule has 0 spiro atoms. The summed E-state index contributed by atoms with van der Waals surface area (Å²) in [6.45, 7) is -6.32. The maximum atomic E-state index is 13.8. The highest BCUT2D eigenvalue weighted by Gasteiger charge is 2.64. The third-order valence-corrected chi connectivity index (χ3v) is 6.82. The van der Waals surface area contributed by atoms with Gasteiger partial charge in [-0.3, -0.25) is 19.3 Å². The summed E-state index contributed by atoms with van der Waals surface area (Å²) in [5.41, 5.74) is 0.227. The highest BCUT2D eigenvalue weighted by atomic mass is 35.5. The summed E-state index contributed by atoms with van der Waals surface area (Å²) < 4.78 is 46.8. The first-order valence-corrected chi connectivity index (χ1v) is 10.1. The van der Waals surface area contributed by atoms with E-state index in [1.807, 2.05) is 0 Å². The van der Waals surface area contributed by atoms with E-state index in [1.165, 1.54) is 19.0 Å². The van der Waals surface area contributed by atoms with Crippen molar-refractivity contribution < 1.29 is 43.0 Å². The van der Waals surface area contributed by atoms with Gasteiger partial charge in [-0.15, -0.1) is 12.4 Å². The van der Waals surface area contributed by atoms with E-state index in [0.717, 1.165) is 12.1 Å². The van der Waals surface area contributed by atoms with E-state index in [1.54, 1.807) is 0 Å². The molecule has 4 atom stereocenters. The number of rotatable bonds is 3. The quantitative estimate of drug-likeness (QED) is 0.371. The molecule has 6 N–H and O–H groups in total. The van der Waals surface area contributed by atoms with Gasteiger partial charge >= 0.3 is 0 Å². The van der Waals surface area contributed by atoms with Crippen molar-refractivity contribution in [3.05, 3.63) is 40.2 Å². The van der Waals surface area contributed by atoms with E-state index >= 15 is 0 Å². The van der Waals surface area contributed by atoms with Gasteiger partial charge in [0.05, 0.1) is 11.6 Å². The van der Waals surface area contributed by atoms with Crippen molar-refractivity contribution in [3.8, 4) is 5.75 Å². The number of benzene rings is 1. The van der Waals surface area contributed by atoms with Crippen molar-refractivity contribution in [1.29, 1.82) is 0 Å². The number of hydrogen-bond donors (Lipinski definition) is 5. The average molecular weight is 500 g/mol. The summed E-state index contributed by atoms with van der Waals surface area (Å²) >= 11 is 0. The molecule has 10 nitrogen and oxygen atoms in total. The first-order chi connectivity index (χ1) is 17.8. The predicted molar refractivity (Wildman–Crippen MR) is 126 cm³/mol. The Balaban J connectivity index is 0.00000441. The van der Waals surface area contributed by atoms with Crippen LogP contribution in [0.25, 0.3) is 5.76 Å². The lowest BCUT2D eigenvalue weighted by molar-refractivity contribution is -0.153. The number of amides is 1. The summed E-state index contributed by atoms with van der Waals surface area (Å²) in [6, 6.07) is 0.740. The van der Waals surface area contributed by atoms with Crippen LogP contribution in [0.4, 0.5) is 5.69 Å². The maximum Gasteiger partial charge on any atom is 0.255 e. The number of nitrogens with two attached hydrogens (primary N) is 1. The molecule has 1 amide bonds. The Bertz CT molecular complexity index is 1360. The van der Waals surface area contributed by atoms with Crippen LogP contribution in [0.3, 0.4) is 0 Å². The smallest absolute Gasteiger partial charge is 0.255 e. The summed E-state index contributed by atoms with van der Waals surface area (Å²) in [5.74, 6) is -8.56. The second kappa shape index (κ2) is 8.30. The highest BCUT2D eigenvalue weighted by molar-refractivity contribution is 6.24. The number of Topliss-reactive ketones (excluding diaryl/α,β-unsaturated/α-hetero) is 2.